The molecule has 0 amide bonds. The largest absolute Gasteiger partial charge is 0.508 e. The van der Waals surface area contributed by atoms with Crippen LogP contribution in [-0.4, -0.2) is 37.4 Å². The van der Waals surface area contributed by atoms with Gasteiger partial charge in [-0.25, -0.2) is 14.0 Å². The standard InChI is InChI=1S/C21H24N4O2/c1-23-21(27)25(18-9-3-2-4-10-18)20(22-23)17-8-6-12-24(15-17)14-16-7-5-11-19(26)13-16/h2-5,7,9-11,13,17,26H,6,8,12,14-15H2,1H3. The SMILES string of the molecule is Cn1nc(C2CCCN(Cc3cccc(O)c3)C2)n(-c2ccccc2)c1=O. The van der Waals surface area contributed by atoms with Crippen molar-refractivity contribution in [1.82, 2.24) is 19.2 Å². The normalized spacial score (nSPS) is 17.9. The van der Waals surface area contributed by atoms with Crippen LogP contribution in [0.25, 0.3) is 5.69 Å². The summed E-state index contributed by atoms with van der Waals surface area (Å²) in [6, 6.07) is 17.1. The lowest BCUT2D eigenvalue weighted by molar-refractivity contribution is 0.195. The lowest BCUT2D eigenvalue weighted by Crippen LogP contribution is -2.35. The summed E-state index contributed by atoms with van der Waals surface area (Å²) >= 11 is 0. The van der Waals surface area contributed by atoms with Gasteiger partial charge in [0.25, 0.3) is 0 Å². The summed E-state index contributed by atoms with van der Waals surface area (Å²) in [4.78, 5) is 15.0. The van der Waals surface area contributed by atoms with Gasteiger partial charge in [0, 0.05) is 26.1 Å². The number of phenolic OH excluding ortho intramolecular Hbond substituents is 1. The Hall–Kier alpha value is -2.86. The number of likely N-dealkylation sites (tertiary alicyclic amines) is 1. The second-order valence-corrected chi connectivity index (χ2v) is 7.18. The molecule has 6 nitrogen and oxygen atoms in total. The number of hydrogen-bond acceptors (Lipinski definition) is 4. The van der Waals surface area contributed by atoms with Gasteiger partial charge in [-0.2, -0.15) is 5.10 Å². The van der Waals surface area contributed by atoms with E-state index < -0.39 is 0 Å². The van der Waals surface area contributed by atoms with Crippen LogP contribution < -0.4 is 5.69 Å². The quantitative estimate of drug-likeness (QED) is 0.773. The summed E-state index contributed by atoms with van der Waals surface area (Å²) in [5, 5.41) is 14.3. The van der Waals surface area contributed by atoms with E-state index in [2.05, 4.69) is 10.00 Å². The second-order valence-electron chi connectivity index (χ2n) is 7.18. The number of phenols is 1. The Labute approximate surface area is 158 Å². The summed E-state index contributed by atoms with van der Waals surface area (Å²) in [7, 11) is 1.71. The van der Waals surface area contributed by atoms with E-state index in [1.54, 1.807) is 17.7 Å². The number of para-hydroxylation sites is 1. The third kappa shape index (κ3) is 3.66. The topological polar surface area (TPSA) is 63.3 Å². The van der Waals surface area contributed by atoms with Crippen LogP contribution in [0.15, 0.2) is 59.4 Å². The molecule has 2 aromatic carbocycles. The van der Waals surface area contributed by atoms with E-state index >= 15 is 0 Å². The molecular weight excluding hydrogens is 340 g/mol. The number of nitrogens with zero attached hydrogens (tertiary/aromatic N) is 4. The first-order valence-corrected chi connectivity index (χ1v) is 9.33. The molecule has 0 aliphatic carbocycles. The van der Waals surface area contributed by atoms with Gasteiger partial charge in [0.15, 0.2) is 0 Å². The maximum Gasteiger partial charge on any atom is 0.350 e. The first-order valence-electron chi connectivity index (χ1n) is 9.33. The highest BCUT2D eigenvalue weighted by Crippen LogP contribution is 2.27. The predicted octanol–water partition coefficient (Wildman–Crippen LogP) is 2.66. The molecule has 0 radical (unpaired) electrons. The van der Waals surface area contributed by atoms with Gasteiger partial charge < -0.3 is 5.11 Å². The molecule has 0 saturated carbocycles. The van der Waals surface area contributed by atoms with Crippen molar-refractivity contribution in [2.24, 2.45) is 7.05 Å². The van der Waals surface area contributed by atoms with Gasteiger partial charge in [0.05, 0.1) is 5.69 Å². The zero-order chi connectivity index (χ0) is 18.8. The third-order valence-corrected chi connectivity index (χ3v) is 5.15. The maximum atomic E-state index is 12.7. The average Bonchev–Trinajstić information content (AvgIpc) is 2.98. The van der Waals surface area contributed by atoms with Gasteiger partial charge in [-0.15, -0.1) is 0 Å². The first kappa shape index (κ1) is 17.5. The fourth-order valence-corrected chi connectivity index (χ4v) is 3.89. The van der Waals surface area contributed by atoms with Crippen LogP contribution in [0.5, 0.6) is 5.75 Å². The van der Waals surface area contributed by atoms with Gasteiger partial charge in [-0.05, 0) is 49.2 Å². The minimum atomic E-state index is -0.110. The van der Waals surface area contributed by atoms with Crippen LogP contribution in [0, 0.1) is 0 Å². The molecule has 0 spiro atoms. The van der Waals surface area contributed by atoms with Gasteiger partial charge >= 0.3 is 5.69 Å². The number of hydrogen-bond donors (Lipinski definition) is 1. The summed E-state index contributed by atoms with van der Waals surface area (Å²) in [5.74, 6) is 1.32. The van der Waals surface area contributed by atoms with Gasteiger partial charge in [-0.1, -0.05) is 30.3 Å². The Morgan fingerprint density at radius 1 is 1.15 bits per heavy atom. The molecule has 6 heteroatoms. The number of aromatic hydroxyl groups is 1. The molecule has 1 N–H and O–H groups in total. The number of aromatic nitrogens is 3. The van der Waals surface area contributed by atoms with Crippen molar-refractivity contribution in [3.8, 4) is 11.4 Å². The summed E-state index contributed by atoms with van der Waals surface area (Å²) < 4.78 is 3.17. The van der Waals surface area contributed by atoms with E-state index in [0.29, 0.717) is 5.75 Å². The molecule has 1 unspecified atom stereocenters. The van der Waals surface area contributed by atoms with Crippen LogP contribution >= 0.6 is 0 Å². The second kappa shape index (κ2) is 7.40. The van der Waals surface area contributed by atoms with Crippen molar-refractivity contribution in [2.75, 3.05) is 13.1 Å². The van der Waals surface area contributed by atoms with E-state index in [4.69, 9.17) is 0 Å². The molecular formula is C21H24N4O2. The van der Waals surface area contributed by atoms with Crippen molar-refractivity contribution in [1.29, 1.82) is 0 Å². The molecule has 1 atom stereocenters. The Kier molecular flexibility index (Phi) is 4.81. The predicted molar refractivity (Wildman–Crippen MR) is 104 cm³/mol. The smallest absolute Gasteiger partial charge is 0.350 e. The molecule has 27 heavy (non-hydrogen) atoms. The van der Waals surface area contributed by atoms with Crippen LogP contribution in [-0.2, 0) is 13.6 Å². The summed E-state index contributed by atoms with van der Waals surface area (Å²) in [5.41, 5.74) is 1.84. The minimum Gasteiger partial charge on any atom is -0.508 e. The highest BCUT2D eigenvalue weighted by atomic mass is 16.3. The molecule has 4 rings (SSSR count). The number of piperidine rings is 1. The Morgan fingerprint density at radius 2 is 1.96 bits per heavy atom. The monoisotopic (exact) mass is 364 g/mol. The van der Waals surface area contributed by atoms with E-state index in [-0.39, 0.29) is 11.6 Å². The molecule has 3 aromatic rings. The lowest BCUT2D eigenvalue weighted by Gasteiger charge is -2.32. The van der Waals surface area contributed by atoms with Gasteiger partial charge in [0.1, 0.15) is 11.6 Å². The summed E-state index contributed by atoms with van der Waals surface area (Å²) in [6.07, 6.45) is 2.07. The summed E-state index contributed by atoms with van der Waals surface area (Å²) in [6.45, 7) is 2.64. The number of aryl methyl sites for hydroxylation is 1. The van der Waals surface area contributed by atoms with Crippen molar-refractivity contribution in [3.63, 3.8) is 0 Å². The molecule has 1 fully saturated rings. The van der Waals surface area contributed by atoms with E-state index in [0.717, 1.165) is 49.6 Å². The Balaban J connectivity index is 1.60. The highest BCUT2D eigenvalue weighted by Gasteiger charge is 2.27. The fraction of sp³-hybridized carbons (Fsp3) is 0.333. The van der Waals surface area contributed by atoms with Crippen LogP contribution in [0.4, 0.5) is 0 Å². The van der Waals surface area contributed by atoms with Crippen LogP contribution in [0.2, 0.25) is 0 Å². The van der Waals surface area contributed by atoms with Crippen LogP contribution in [0.1, 0.15) is 30.1 Å². The lowest BCUT2D eigenvalue weighted by atomic mass is 9.96. The van der Waals surface area contributed by atoms with Gasteiger partial charge in [-0.3, -0.25) is 4.90 Å². The first-order chi connectivity index (χ1) is 13.1. The molecule has 140 valence electrons. The molecule has 2 heterocycles. The maximum absolute atomic E-state index is 12.7. The fourth-order valence-electron chi connectivity index (χ4n) is 3.89. The molecule has 1 saturated heterocycles. The van der Waals surface area contributed by atoms with E-state index in [1.165, 1.54) is 4.68 Å². The van der Waals surface area contributed by atoms with E-state index in [9.17, 15) is 9.90 Å². The van der Waals surface area contributed by atoms with Crippen molar-refractivity contribution >= 4 is 0 Å². The Morgan fingerprint density at radius 3 is 2.74 bits per heavy atom. The molecule has 1 aliphatic rings. The third-order valence-electron chi connectivity index (χ3n) is 5.15. The molecule has 1 aliphatic heterocycles. The van der Waals surface area contributed by atoms with Crippen molar-refractivity contribution < 1.29 is 5.11 Å². The van der Waals surface area contributed by atoms with Crippen molar-refractivity contribution in [2.45, 2.75) is 25.3 Å². The zero-order valence-electron chi connectivity index (χ0n) is 15.5. The van der Waals surface area contributed by atoms with E-state index in [1.807, 2.05) is 48.5 Å². The van der Waals surface area contributed by atoms with Crippen LogP contribution in [0.3, 0.4) is 0 Å². The zero-order valence-corrected chi connectivity index (χ0v) is 15.5. The molecule has 0 bridgehead atoms. The molecule has 1 aromatic heterocycles. The van der Waals surface area contributed by atoms with Gasteiger partial charge in [0.2, 0.25) is 0 Å². The number of rotatable bonds is 4. The minimum absolute atomic E-state index is 0.110. The number of benzene rings is 2. The average molecular weight is 364 g/mol. The van der Waals surface area contributed by atoms with Crippen molar-refractivity contribution in [3.05, 3.63) is 76.5 Å². The highest BCUT2D eigenvalue weighted by molar-refractivity contribution is 5.33. The Bertz CT molecular complexity index is 977.